The van der Waals surface area contributed by atoms with Gasteiger partial charge in [-0.3, -0.25) is 10.1 Å². The zero-order valence-electron chi connectivity index (χ0n) is 7.51. The molecule has 0 amide bonds. The number of benzene rings is 1. The van der Waals surface area contributed by atoms with Crippen molar-refractivity contribution in [1.29, 1.82) is 5.26 Å². The number of non-ortho nitro benzene ring substituents is 1. The van der Waals surface area contributed by atoms with Gasteiger partial charge in [-0.2, -0.15) is 5.26 Å². The van der Waals surface area contributed by atoms with Gasteiger partial charge in [0.15, 0.2) is 0 Å². The monoisotopic (exact) mass is 208 g/mol. The molecule has 0 fully saturated rings. The van der Waals surface area contributed by atoms with Crippen LogP contribution >= 0.6 is 11.8 Å². The summed E-state index contributed by atoms with van der Waals surface area (Å²) in [4.78, 5) is 9.92. The van der Waals surface area contributed by atoms with Crippen molar-refractivity contribution in [3.8, 4) is 5.40 Å². The fourth-order valence-electron chi connectivity index (χ4n) is 1.01. The number of nitro benzene ring substituents is 1. The van der Waals surface area contributed by atoms with Crippen LogP contribution < -0.4 is 0 Å². The third kappa shape index (κ3) is 2.47. The van der Waals surface area contributed by atoms with Gasteiger partial charge >= 0.3 is 0 Å². The first-order chi connectivity index (χ1) is 6.65. The largest absolute Gasteiger partial charge is 0.269 e. The van der Waals surface area contributed by atoms with E-state index in [2.05, 4.69) is 0 Å². The minimum absolute atomic E-state index is 0.0424. The van der Waals surface area contributed by atoms with Gasteiger partial charge in [-0.05, 0) is 24.2 Å². The smallest absolute Gasteiger partial charge is 0.258 e. The predicted molar refractivity (Wildman–Crippen MR) is 54.7 cm³/mol. The van der Waals surface area contributed by atoms with Crippen LogP contribution in [0.2, 0.25) is 0 Å². The number of nitriles is 1. The molecule has 0 saturated carbocycles. The molecule has 0 aliphatic rings. The van der Waals surface area contributed by atoms with Crippen molar-refractivity contribution in [3.63, 3.8) is 0 Å². The second-order valence-electron chi connectivity index (χ2n) is 2.70. The van der Waals surface area contributed by atoms with E-state index in [0.29, 0.717) is 0 Å². The highest BCUT2D eigenvalue weighted by Crippen LogP contribution is 2.28. The van der Waals surface area contributed by atoms with Crippen molar-refractivity contribution in [3.05, 3.63) is 39.9 Å². The van der Waals surface area contributed by atoms with E-state index in [1.165, 1.54) is 12.1 Å². The first-order valence-corrected chi connectivity index (χ1v) is 4.82. The Bertz CT molecular complexity index is 369. The Hall–Kier alpha value is -1.54. The van der Waals surface area contributed by atoms with Gasteiger partial charge < -0.3 is 0 Å². The number of nitrogens with zero attached hydrogens (tertiary/aromatic N) is 2. The van der Waals surface area contributed by atoms with Crippen LogP contribution in [-0.2, 0) is 0 Å². The van der Waals surface area contributed by atoms with Gasteiger partial charge in [-0.1, -0.05) is 12.1 Å². The molecule has 0 saturated heterocycles. The predicted octanol–water partition coefficient (Wildman–Crippen LogP) is 2.87. The lowest BCUT2D eigenvalue weighted by atomic mass is 10.1. The van der Waals surface area contributed by atoms with E-state index < -0.39 is 4.92 Å². The maximum atomic E-state index is 10.4. The van der Waals surface area contributed by atoms with E-state index >= 15 is 0 Å². The van der Waals surface area contributed by atoms with E-state index in [0.717, 1.165) is 17.3 Å². The molecule has 0 aliphatic heterocycles. The topological polar surface area (TPSA) is 66.9 Å². The molecule has 0 spiro atoms. The van der Waals surface area contributed by atoms with Crippen LogP contribution in [0.25, 0.3) is 0 Å². The normalized spacial score (nSPS) is 11.7. The molecule has 0 N–H and O–H groups in total. The van der Waals surface area contributed by atoms with Gasteiger partial charge in [0.1, 0.15) is 5.40 Å². The molecule has 1 unspecified atom stereocenters. The molecule has 14 heavy (non-hydrogen) atoms. The molecule has 1 aromatic rings. The molecule has 5 heteroatoms. The van der Waals surface area contributed by atoms with Crippen LogP contribution in [0.15, 0.2) is 24.3 Å². The van der Waals surface area contributed by atoms with Crippen molar-refractivity contribution in [2.75, 3.05) is 0 Å². The van der Waals surface area contributed by atoms with E-state index in [1.54, 1.807) is 12.1 Å². The zero-order valence-corrected chi connectivity index (χ0v) is 8.32. The SMILES string of the molecule is CC(SC#N)c1ccc([N+](=O)[O-])cc1. The van der Waals surface area contributed by atoms with E-state index in [9.17, 15) is 10.1 Å². The lowest BCUT2D eigenvalue weighted by Crippen LogP contribution is -1.90. The molecule has 0 aromatic heterocycles. The number of hydrogen-bond donors (Lipinski definition) is 0. The summed E-state index contributed by atoms with van der Waals surface area (Å²) in [5, 5.41) is 20.8. The summed E-state index contributed by atoms with van der Waals surface area (Å²) in [6.07, 6.45) is 0. The third-order valence-corrected chi connectivity index (χ3v) is 2.53. The van der Waals surface area contributed by atoms with Gasteiger partial charge in [-0.15, -0.1) is 0 Å². The molecule has 0 heterocycles. The Kier molecular flexibility index (Phi) is 3.48. The Balaban J connectivity index is 2.84. The quantitative estimate of drug-likeness (QED) is 0.435. The number of thioether (sulfide) groups is 1. The number of rotatable bonds is 3. The molecule has 1 aromatic carbocycles. The highest BCUT2D eigenvalue weighted by molar-refractivity contribution is 8.03. The Morgan fingerprint density at radius 3 is 2.50 bits per heavy atom. The second kappa shape index (κ2) is 4.63. The van der Waals surface area contributed by atoms with Crippen molar-refractivity contribution < 1.29 is 4.92 Å². The molecule has 4 nitrogen and oxygen atoms in total. The van der Waals surface area contributed by atoms with Crippen molar-refractivity contribution >= 4 is 17.4 Å². The van der Waals surface area contributed by atoms with Gasteiger partial charge in [0, 0.05) is 17.4 Å². The van der Waals surface area contributed by atoms with Crippen molar-refractivity contribution in [2.45, 2.75) is 12.2 Å². The number of hydrogen-bond acceptors (Lipinski definition) is 4. The van der Waals surface area contributed by atoms with E-state index in [4.69, 9.17) is 5.26 Å². The van der Waals surface area contributed by atoms with Gasteiger partial charge in [0.25, 0.3) is 5.69 Å². The van der Waals surface area contributed by atoms with Crippen LogP contribution in [0.4, 0.5) is 5.69 Å². The van der Waals surface area contributed by atoms with Crippen LogP contribution in [-0.4, -0.2) is 4.92 Å². The molecule has 72 valence electrons. The van der Waals surface area contributed by atoms with Gasteiger partial charge in [0.05, 0.1) is 4.92 Å². The molecule has 0 aliphatic carbocycles. The molecule has 0 bridgehead atoms. The van der Waals surface area contributed by atoms with Crippen molar-refractivity contribution in [1.82, 2.24) is 0 Å². The molecule has 1 atom stereocenters. The first-order valence-electron chi connectivity index (χ1n) is 3.94. The highest BCUT2D eigenvalue weighted by Gasteiger charge is 2.08. The molecular formula is C9H8N2O2S. The molecule has 1 rings (SSSR count). The average Bonchev–Trinajstić information content (AvgIpc) is 2.18. The van der Waals surface area contributed by atoms with E-state index in [1.807, 2.05) is 12.3 Å². The highest BCUT2D eigenvalue weighted by atomic mass is 32.2. The third-order valence-electron chi connectivity index (χ3n) is 1.80. The lowest BCUT2D eigenvalue weighted by Gasteiger charge is -2.04. The zero-order chi connectivity index (χ0) is 10.6. The summed E-state index contributed by atoms with van der Waals surface area (Å²) in [5.74, 6) is 0. The van der Waals surface area contributed by atoms with Crippen LogP contribution in [0.1, 0.15) is 17.7 Å². The Morgan fingerprint density at radius 1 is 1.50 bits per heavy atom. The molecule has 0 radical (unpaired) electrons. The van der Waals surface area contributed by atoms with E-state index in [-0.39, 0.29) is 10.9 Å². The van der Waals surface area contributed by atoms with Crippen LogP contribution in [0, 0.1) is 20.8 Å². The van der Waals surface area contributed by atoms with Gasteiger partial charge in [0.2, 0.25) is 0 Å². The average molecular weight is 208 g/mol. The van der Waals surface area contributed by atoms with Crippen LogP contribution in [0.3, 0.4) is 0 Å². The summed E-state index contributed by atoms with van der Waals surface area (Å²) in [5.41, 5.74) is 0.991. The minimum atomic E-state index is -0.439. The van der Waals surface area contributed by atoms with Gasteiger partial charge in [-0.25, -0.2) is 0 Å². The maximum absolute atomic E-state index is 10.4. The standard InChI is InChI=1S/C9H8N2O2S/c1-7(14-6-10)8-2-4-9(5-3-8)11(12)13/h2-5,7H,1H3. The summed E-state index contributed by atoms with van der Waals surface area (Å²) < 4.78 is 0. The minimum Gasteiger partial charge on any atom is -0.258 e. The second-order valence-corrected chi connectivity index (χ2v) is 3.83. The first kappa shape index (κ1) is 10.5. The fourth-order valence-corrected chi connectivity index (χ4v) is 1.47. The summed E-state index contributed by atoms with van der Waals surface area (Å²) in [6, 6.07) is 6.24. The number of thiocyanates is 1. The summed E-state index contributed by atoms with van der Waals surface area (Å²) in [6.45, 7) is 1.88. The van der Waals surface area contributed by atoms with Crippen LogP contribution in [0.5, 0.6) is 0 Å². The Morgan fingerprint density at radius 2 is 2.07 bits per heavy atom. The summed E-state index contributed by atoms with van der Waals surface area (Å²) >= 11 is 1.13. The lowest BCUT2D eigenvalue weighted by molar-refractivity contribution is -0.384. The van der Waals surface area contributed by atoms with Crippen molar-refractivity contribution in [2.24, 2.45) is 0 Å². The maximum Gasteiger partial charge on any atom is 0.269 e. The molecular weight excluding hydrogens is 200 g/mol. The fraction of sp³-hybridized carbons (Fsp3) is 0.222. The summed E-state index contributed by atoms with van der Waals surface area (Å²) in [7, 11) is 0. The number of nitro groups is 1. The Labute approximate surface area is 85.7 Å².